The minimum Gasteiger partial charge on any atom is -0.323 e. The number of carbonyl (C=O) groups is 1. The molecule has 0 spiro atoms. The molecule has 2 aromatic rings. The number of hydrogen-bond acceptors (Lipinski definition) is 2. The van der Waals surface area contributed by atoms with Gasteiger partial charge in [-0.05, 0) is 56.5 Å². The largest absolute Gasteiger partial charge is 0.323 e. The van der Waals surface area contributed by atoms with Gasteiger partial charge in [-0.3, -0.25) is 9.48 Å². The fraction of sp³-hybridized carbons (Fsp3) is 0.167. The number of nitrogens with one attached hydrogen (secondary N) is 1. The number of rotatable bonds is 3. The summed E-state index contributed by atoms with van der Waals surface area (Å²) < 4.78 is 3.13. The van der Waals surface area contributed by atoms with Gasteiger partial charge in [0.1, 0.15) is 6.54 Å². The molecule has 2 rings (SSSR count). The molecule has 19 heavy (non-hydrogen) atoms. The maximum atomic E-state index is 11.9. The molecular weight excluding hydrogens is 397 g/mol. The first kappa shape index (κ1) is 14.6. The molecule has 0 radical (unpaired) electrons. The molecule has 0 aliphatic rings. The van der Waals surface area contributed by atoms with Crippen LogP contribution in [0.2, 0.25) is 5.02 Å². The molecule has 0 saturated heterocycles. The average molecular weight is 407 g/mol. The molecule has 0 bridgehead atoms. The molecule has 0 aliphatic heterocycles. The van der Waals surface area contributed by atoms with Gasteiger partial charge in [0.25, 0.3) is 0 Å². The van der Waals surface area contributed by atoms with Crippen molar-refractivity contribution in [3.05, 3.63) is 44.1 Å². The molecule has 0 saturated carbocycles. The van der Waals surface area contributed by atoms with E-state index in [1.807, 2.05) is 19.1 Å². The van der Waals surface area contributed by atoms with Crippen LogP contribution >= 0.6 is 43.5 Å². The van der Waals surface area contributed by atoms with Crippen LogP contribution in [0.25, 0.3) is 0 Å². The van der Waals surface area contributed by atoms with Crippen molar-refractivity contribution in [1.82, 2.24) is 9.78 Å². The van der Waals surface area contributed by atoms with Gasteiger partial charge in [0.2, 0.25) is 5.91 Å². The quantitative estimate of drug-likeness (QED) is 0.836. The first-order valence-electron chi connectivity index (χ1n) is 5.39. The van der Waals surface area contributed by atoms with Gasteiger partial charge in [-0.25, -0.2) is 0 Å². The third-order valence-corrected chi connectivity index (χ3v) is 3.80. The van der Waals surface area contributed by atoms with E-state index in [0.29, 0.717) is 10.7 Å². The Hall–Kier alpha value is -0.850. The summed E-state index contributed by atoms with van der Waals surface area (Å²) in [5.74, 6) is -0.176. The van der Waals surface area contributed by atoms with Gasteiger partial charge in [0.05, 0.1) is 16.9 Å². The zero-order valence-electron chi connectivity index (χ0n) is 9.95. The zero-order valence-corrected chi connectivity index (χ0v) is 13.9. The van der Waals surface area contributed by atoms with E-state index in [9.17, 15) is 4.79 Å². The Labute approximate surface area is 132 Å². The third-order valence-electron chi connectivity index (χ3n) is 2.36. The van der Waals surface area contributed by atoms with Crippen molar-refractivity contribution in [3.8, 4) is 0 Å². The Balaban J connectivity index is 2.11. The molecule has 0 unspecified atom stereocenters. The maximum Gasteiger partial charge on any atom is 0.246 e. The smallest absolute Gasteiger partial charge is 0.246 e. The van der Waals surface area contributed by atoms with Crippen LogP contribution in [0.4, 0.5) is 5.69 Å². The van der Waals surface area contributed by atoms with Crippen LogP contribution in [-0.2, 0) is 11.3 Å². The van der Waals surface area contributed by atoms with Crippen LogP contribution in [0.1, 0.15) is 5.56 Å². The first-order chi connectivity index (χ1) is 8.95. The van der Waals surface area contributed by atoms with Crippen molar-refractivity contribution in [3.63, 3.8) is 0 Å². The molecule has 0 fully saturated rings. The van der Waals surface area contributed by atoms with Gasteiger partial charge in [-0.1, -0.05) is 11.6 Å². The molecule has 1 aromatic heterocycles. The number of nitrogens with zero attached hydrogens (tertiary/aromatic N) is 2. The maximum absolute atomic E-state index is 11.9. The predicted molar refractivity (Wildman–Crippen MR) is 82.4 cm³/mol. The van der Waals surface area contributed by atoms with Crippen LogP contribution < -0.4 is 5.32 Å². The van der Waals surface area contributed by atoms with Crippen molar-refractivity contribution in [2.45, 2.75) is 13.5 Å². The number of anilines is 1. The van der Waals surface area contributed by atoms with Crippen LogP contribution in [0, 0.1) is 6.92 Å². The van der Waals surface area contributed by atoms with Gasteiger partial charge < -0.3 is 5.32 Å². The number of hydrogen-bond donors (Lipinski definition) is 1. The molecule has 1 aromatic carbocycles. The highest BCUT2D eigenvalue weighted by molar-refractivity contribution is 9.11. The van der Waals surface area contributed by atoms with Crippen molar-refractivity contribution in [2.75, 3.05) is 5.32 Å². The number of carbonyl (C=O) groups excluding carboxylic acids is 1. The second-order valence-electron chi connectivity index (χ2n) is 4.01. The van der Waals surface area contributed by atoms with Crippen molar-refractivity contribution >= 4 is 55.1 Å². The fourth-order valence-electron chi connectivity index (χ4n) is 1.57. The molecule has 7 heteroatoms. The first-order valence-corrected chi connectivity index (χ1v) is 7.35. The lowest BCUT2D eigenvalue weighted by Crippen LogP contribution is -2.19. The van der Waals surface area contributed by atoms with Crippen molar-refractivity contribution < 1.29 is 4.79 Å². The topological polar surface area (TPSA) is 46.9 Å². The van der Waals surface area contributed by atoms with E-state index in [1.54, 1.807) is 6.20 Å². The minimum atomic E-state index is -0.176. The summed E-state index contributed by atoms with van der Waals surface area (Å²) in [6.45, 7) is 2.09. The van der Waals surface area contributed by atoms with E-state index < -0.39 is 0 Å². The molecular formula is C12H10Br2ClN3O. The second kappa shape index (κ2) is 6.07. The highest BCUT2D eigenvalue weighted by Gasteiger charge is 2.11. The monoisotopic (exact) mass is 405 g/mol. The van der Waals surface area contributed by atoms with E-state index in [0.717, 1.165) is 14.5 Å². The standard InChI is InChI=1S/C12H10Br2ClN3O/c1-7-2-9(13)12(10(14)3-7)17-11(19)6-18-5-8(15)4-16-18/h2-5H,6H2,1H3,(H,17,19). The lowest BCUT2D eigenvalue weighted by Gasteiger charge is -2.10. The SMILES string of the molecule is Cc1cc(Br)c(NC(=O)Cn2cc(Cl)cn2)c(Br)c1. The molecule has 0 atom stereocenters. The number of aryl methyl sites for hydroxylation is 1. The Morgan fingerprint density at radius 3 is 2.58 bits per heavy atom. The molecule has 4 nitrogen and oxygen atoms in total. The van der Waals surface area contributed by atoms with Gasteiger partial charge in [-0.15, -0.1) is 0 Å². The van der Waals surface area contributed by atoms with Crippen LogP contribution in [-0.4, -0.2) is 15.7 Å². The van der Waals surface area contributed by atoms with Crippen LogP contribution in [0.15, 0.2) is 33.5 Å². The van der Waals surface area contributed by atoms with Crippen molar-refractivity contribution in [1.29, 1.82) is 0 Å². The lowest BCUT2D eigenvalue weighted by atomic mass is 10.2. The molecule has 1 amide bonds. The Morgan fingerprint density at radius 1 is 1.42 bits per heavy atom. The fourth-order valence-corrected chi connectivity index (χ4v) is 3.34. The number of halogens is 3. The summed E-state index contributed by atoms with van der Waals surface area (Å²) in [5.41, 5.74) is 1.80. The predicted octanol–water partition coefficient (Wildman–Crippen LogP) is 4.01. The van der Waals surface area contributed by atoms with E-state index in [2.05, 4.69) is 42.3 Å². The van der Waals surface area contributed by atoms with Crippen LogP contribution in [0.3, 0.4) is 0 Å². The third kappa shape index (κ3) is 3.81. The van der Waals surface area contributed by atoms with Gasteiger partial charge in [0, 0.05) is 15.1 Å². The van der Waals surface area contributed by atoms with E-state index in [1.165, 1.54) is 10.9 Å². The van der Waals surface area contributed by atoms with E-state index in [4.69, 9.17) is 11.6 Å². The molecule has 1 heterocycles. The molecule has 0 aliphatic carbocycles. The lowest BCUT2D eigenvalue weighted by molar-refractivity contribution is -0.116. The van der Waals surface area contributed by atoms with Crippen molar-refractivity contribution in [2.24, 2.45) is 0 Å². The molecule has 100 valence electrons. The van der Waals surface area contributed by atoms with Gasteiger partial charge in [-0.2, -0.15) is 5.10 Å². The summed E-state index contributed by atoms with van der Waals surface area (Å²) >= 11 is 12.6. The summed E-state index contributed by atoms with van der Waals surface area (Å²) in [5, 5.41) is 7.29. The van der Waals surface area contributed by atoms with Gasteiger partial charge in [0.15, 0.2) is 0 Å². The zero-order chi connectivity index (χ0) is 14.0. The Morgan fingerprint density at radius 2 is 2.05 bits per heavy atom. The second-order valence-corrected chi connectivity index (χ2v) is 6.15. The summed E-state index contributed by atoms with van der Waals surface area (Å²) in [6, 6.07) is 3.87. The van der Waals surface area contributed by atoms with E-state index in [-0.39, 0.29) is 12.5 Å². The Bertz CT molecular complexity index is 604. The highest BCUT2D eigenvalue weighted by Crippen LogP contribution is 2.32. The number of aromatic nitrogens is 2. The number of amides is 1. The Kier molecular flexibility index (Phi) is 4.65. The summed E-state index contributed by atoms with van der Waals surface area (Å²) in [7, 11) is 0. The minimum absolute atomic E-state index is 0.111. The van der Waals surface area contributed by atoms with Gasteiger partial charge >= 0.3 is 0 Å². The summed E-state index contributed by atoms with van der Waals surface area (Å²) in [6.07, 6.45) is 3.09. The highest BCUT2D eigenvalue weighted by atomic mass is 79.9. The average Bonchev–Trinajstić information content (AvgIpc) is 2.69. The summed E-state index contributed by atoms with van der Waals surface area (Å²) in [4.78, 5) is 11.9. The van der Waals surface area contributed by atoms with E-state index >= 15 is 0 Å². The normalized spacial score (nSPS) is 10.5. The van der Waals surface area contributed by atoms with Crippen LogP contribution in [0.5, 0.6) is 0 Å². The number of benzene rings is 1. The molecule has 1 N–H and O–H groups in total.